The first-order valence-electron chi connectivity index (χ1n) is 5.92. The highest BCUT2D eigenvalue weighted by atomic mass is 15.6. The highest BCUT2D eigenvalue weighted by Gasteiger charge is 2.04. The molecule has 0 aliphatic heterocycles. The number of nitrogens with zero attached hydrogens (tertiary/aromatic N) is 5. The van der Waals surface area contributed by atoms with Gasteiger partial charge >= 0.3 is 0 Å². The summed E-state index contributed by atoms with van der Waals surface area (Å²) in [5.74, 6) is 0.723. The third-order valence-corrected chi connectivity index (χ3v) is 2.64. The Hall–Kier alpha value is -1.95. The lowest BCUT2D eigenvalue weighted by molar-refractivity contribution is 0.529. The second kappa shape index (κ2) is 5.59. The Kier molecular flexibility index (Phi) is 3.88. The molecule has 0 unspecified atom stereocenters. The maximum absolute atomic E-state index is 5.43. The number of tetrazole rings is 1. The van der Waals surface area contributed by atoms with E-state index in [9.17, 15) is 0 Å². The van der Waals surface area contributed by atoms with Crippen molar-refractivity contribution in [1.29, 1.82) is 0 Å². The highest BCUT2D eigenvalue weighted by Crippen LogP contribution is 2.13. The third kappa shape index (κ3) is 3.04. The molecular weight excluding hydrogens is 228 g/mol. The molecule has 2 aromatic rings. The van der Waals surface area contributed by atoms with Gasteiger partial charge in [-0.25, -0.2) is 0 Å². The molecule has 6 heteroatoms. The van der Waals surface area contributed by atoms with Gasteiger partial charge in [-0.1, -0.05) is 12.1 Å². The first kappa shape index (κ1) is 12.5. The average molecular weight is 246 g/mol. The van der Waals surface area contributed by atoms with Crippen molar-refractivity contribution in [3.8, 4) is 0 Å². The second-order valence-corrected chi connectivity index (χ2v) is 4.33. The number of nitrogens with two attached hydrogens (primary N) is 1. The van der Waals surface area contributed by atoms with Crippen molar-refractivity contribution in [3.05, 3.63) is 35.7 Å². The second-order valence-electron chi connectivity index (χ2n) is 4.33. The molecule has 2 N–H and O–H groups in total. The van der Waals surface area contributed by atoms with E-state index in [4.69, 9.17) is 5.73 Å². The molecule has 0 aliphatic rings. The molecule has 1 aromatic carbocycles. The third-order valence-electron chi connectivity index (χ3n) is 2.64. The fraction of sp³-hybridized carbons (Fsp3) is 0.417. The van der Waals surface area contributed by atoms with Gasteiger partial charge in [-0.15, -0.1) is 10.2 Å². The molecule has 6 nitrogen and oxygen atoms in total. The summed E-state index contributed by atoms with van der Waals surface area (Å²) in [4.78, 5) is 3.60. The monoisotopic (exact) mass is 246 g/mol. The van der Waals surface area contributed by atoms with Gasteiger partial charge in [0.15, 0.2) is 5.82 Å². The molecule has 0 radical (unpaired) electrons. The Morgan fingerprint density at radius 3 is 2.56 bits per heavy atom. The van der Waals surface area contributed by atoms with E-state index >= 15 is 0 Å². The fourth-order valence-electron chi connectivity index (χ4n) is 1.65. The van der Waals surface area contributed by atoms with Crippen LogP contribution in [0.5, 0.6) is 0 Å². The molecule has 0 amide bonds. The van der Waals surface area contributed by atoms with Crippen molar-refractivity contribution < 1.29 is 0 Å². The molecule has 96 valence electrons. The molecular formula is C12H18N6. The molecule has 1 aromatic heterocycles. The van der Waals surface area contributed by atoms with E-state index in [1.54, 1.807) is 0 Å². The number of aromatic nitrogens is 4. The quantitative estimate of drug-likeness (QED) is 0.821. The van der Waals surface area contributed by atoms with Crippen LogP contribution in [0.25, 0.3) is 0 Å². The van der Waals surface area contributed by atoms with Crippen LogP contribution in [-0.2, 0) is 13.0 Å². The van der Waals surface area contributed by atoms with Crippen molar-refractivity contribution in [1.82, 2.24) is 20.2 Å². The van der Waals surface area contributed by atoms with Crippen molar-refractivity contribution >= 4 is 5.69 Å². The molecule has 18 heavy (non-hydrogen) atoms. The molecule has 0 fully saturated rings. The zero-order chi connectivity index (χ0) is 13.0. The van der Waals surface area contributed by atoms with Crippen molar-refractivity contribution in [2.45, 2.75) is 13.0 Å². The maximum Gasteiger partial charge on any atom is 0.179 e. The number of rotatable bonds is 5. The van der Waals surface area contributed by atoms with E-state index in [0.29, 0.717) is 19.5 Å². The lowest BCUT2D eigenvalue weighted by Crippen LogP contribution is -2.12. The number of hydrogen-bond acceptors (Lipinski definition) is 5. The SMILES string of the molecule is CN(C)c1ccc(Cc2nnn(CCN)n2)cc1. The Labute approximate surface area is 106 Å². The van der Waals surface area contributed by atoms with E-state index in [1.165, 1.54) is 16.0 Å². The first-order chi connectivity index (χ1) is 8.69. The smallest absolute Gasteiger partial charge is 0.179 e. The van der Waals surface area contributed by atoms with E-state index in [1.807, 2.05) is 14.1 Å². The highest BCUT2D eigenvalue weighted by molar-refractivity contribution is 5.46. The minimum absolute atomic E-state index is 0.521. The lowest BCUT2D eigenvalue weighted by atomic mass is 10.1. The molecule has 0 saturated carbocycles. The largest absolute Gasteiger partial charge is 0.378 e. The predicted molar refractivity (Wildman–Crippen MR) is 70.4 cm³/mol. The number of hydrogen-bond donors (Lipinski definition) is 1. The van der Waals surface area contributed by atoms with Crippen molar-refractivity contribution in [3.63, 3.8) is 0 Å². The Morgan fingerprint density at radius 2 is 1.94 bits per heavy atom. The summed E-state index contributed by atoms with van der Waals surface area (Å²) in [5, 5.41) is 12.2. The van der Waals surface area contributed by atoms with Crippen LogP contribution in [-0.4, -0.2) is 40.8 Å². The molecule has 2 rings (SSSR count). The minimum Gasteiger partial charge on any atom is -0.378 e. The first-order valence-corrected chi connectivity index (χ1v) is 5.92. The van der Waals surface area contributed by atoms with Crippen LogP contribution in [0, 0.1) is 0 Å². The van der Waals surface area contributed by atoms with Gasteiger partial charge in [-0.05, 0) is 22.9 Å². The summed E-state index contributed by atoms with van der Waals surface area (Å²) < 4.78 is 0. The van der Waals surface area contributed by atoms with Crippen molar-refractivity contribution in [2.75, 3.05) is 25.5 Å². The van der Waals surface area contributed by atoms with Crippen LogP contribution in [0.3, 0.4) is 0 Å². The van der Waals surface area contributed by atoms with Gasteiger partial charge in [0.2, 0.25) is 0 Å². The van der Waals surface area contributed by atoms with Crippen molar-refractivity contribution in [2.24, 2.45) is 5.73 Å². The van der Waals surface area contributed by atoms with Crippen LogP contribution < -0.4 is 10.6 Å². The van der Waals surface area contributed by atoms with Gasteiger partial charge in [0, 0.05) is 32.7 Å². The van der Waals surface area contributed by atoms with Gasteiger partial charge in [0.25, 0.3) is 0 Å². The van der Waals surface area contributed by atoms with Crippen LogP contribution >= 0.6 is 0 Å². The normalized spacial score (nSPS) is 10.6. The van der Waals surface area contributed by atoms with Gasteiger partial charge in [-0.2, -0.15) is 4.80 Å². The van der Waals surface area contributed by atoms with E-state index in [-0.39, 0.29) is 0 Å². The van der Waals surface area contributed by atoms with E-state index in [2.05, 4.69) is 44.6 Å². The Morgan fingerprint density at radius 1 is 1.22 bits per heavy atom. The summed E-state index contributed by atoms with van der Waals surface area (Å²) in [6, 6.07) is 8.33. The summed E-state index contributed by atoms with van der Waals surface area (Å²) >= 11 is 0. The Balaban J connectivity index is 2.03. The van der Waals surface area contributed by atoms with E-state index in [0.717, 1.165) is 5.82 Å². The number of benzene rings is 1. The van der Waals surface area contributed by atoms with Crippen LogP contribution in [0.2, 0.25) is 0 Å². The van der Waals surface area contributed by atoms with Gasteiger partial charge in [0.05, 0.1) is 6.54 Å². The molecule has 0 spiro atoms. The van der Waals surface area contributed by atoms with Crippen LogP contribution in [0.15, 0.2) is 24.3 Å². The maximum atomic E-state index is 5.43. The molecule has 0 atom stereocenters. The zero-order valence-corrected chi connectivity index (χ0v) is 10.7. The average Bonchev–Trinajstić information content (AvgIpc) is 2.78. The van der Waals surface area contributed by atoms with E-state index < -0.39 is 0 Å². The molecule has 0 bridgehead atoms. The minimum atomic E-state index is 0.521. The van der Waals surface area contributed by atoms with Gasteiger partial charge < -0.3 is 10.6 Å². The Bertz CT molecular complexity index is 488. The summed E-state index contributed by atoms with van der Waals surface area (Å²) in [6.45, 7) is 1.12. The molecule has 0 saturated heterocycles. The van der Waals surface area contributed by atoms with Gasteiger partial charge in [0.1, 0.15) is 0 Å². The summed E-state index contributed by atoms with van der Waals surface area (Å²) in [6.07, 6.45) is 0.693. The summed E-state index contributed by atoms with van der Waals surface area (Å²) in [5.41, 5.74) is 7.79. The summed E-state index contributed by atoms with van der Waals surface area (Å²) in [7, 11) is 4.05. The molecule has 0 aliphatic carbocycles. The van der Waals surface area contributed by atoms with Crippen LogP contribution in [0.4, 0.5) is 5.69 Å². The fourth-order valence-corrected chi connectivity index (χ4v) is 1.65. The van der Waals surface area contributed by atoms with Gasteiger partial charge in [-0.3, -0.25) is 0 Å². The lowest BCUT2D eigenvalue weighted by Gasteiger charge is -2.12. The standard InChI is InChI=1S/C12H18N6/c1-17(2)11-5-3-10(4-6-11)9-12-14-16-18(15-12)8-7-13/h3-6H,7-9,13H2,1-2H3. The predicted octanol–water partition coefficient (Wildman–Crippen LogP) is 0.289. The topological polar surface area (TPSA) is 72.9 Å². The van der Waals surface area contributed by atoms with Crippen LogP contribution in [0.1, 0.15) is 11.4 Å². The number of anilines is 1. The molecule has 1 heterocycles. The zero-order valence-electron chi connectivity index (χ0n) is 10.7.